The van der Waals surface area contributed by atoms with Crippen LogP contribution in [-0.2, 0) is 0 Å². The van der Waals surface area contributed by atoms with E-state index in [4.69, 9.17) is 9.78 Å². The van der Waals surface area contributed by atoms with Gasteiger partial charge < -0.3 is 9.42 Å². The van der Waals surface area contributed by atoms with Gasteiger partial charge in [-0.2, -0.15) is 5.26 Å². The van der Waals surface area contributed by atoms with E-state index < -0.39 is 0 Å². The van der Waals surface area contributed by atoms with Crippen LogP contribution in [0.4, 0.5) is 5.69 Å². The minimum absolute atomic E-state index is 0.178. The molecule has 1 aromatic heterocycles. The third-order valence-electron chi connectivity index (χ3n) is 2.51. The van der Waals surface area contributed by atoms with E-state index in [1.54, 1.807) is 44.3 Å². The second-order valence-electron chi connectivity index (χ2n) is 3.86. The van der Waals surface area contributed by atoms with Crippen LogP contribution in [0.1, 0.15) is 21.8 Å². The molecule has 5 heteroatoms. The molecule has 18 heavy (non-hydrogen) atoms. The average molecular weight is 241 g/mol. The molecular formula is C13H11N3O2. The number of carbonyl (C=O) groups excluding carboxylic acids is 1. The van der Waals surface area contributed by atoms with Gasteiger partial charge in [0.1, 0.15) is 0 Å². The van der Waals surface area contributed by atoms with Crippen LogP contribution in [0.5, 0.6) is 0 Å². The smallest absolute Gasteiger partial charge is 0.296 e. The van der Waals surface area contributed by atoms with Gasteiger partial charge in [-0.3, -0.25) is 4.79 Å². The average Bonchev–Trinajstić information content (AvgIpc) is 2.83. The number of benzene rings is 1. The Morgan fingerprint density at radius 2 is 2.22 bits per heavy atom. The van der Waals surface area contributed by atoms with Gasteiger partial charge in [0.15, 0.2) is 0 Å². The van der Waals surface area contributed by atoms with Crippen LogP contribution in [0.15, 0.2) is 34.9 Å². The fourth-order valence-corrected chi connectivity index (χ4v) is 1.53. The Balaban J connectivity index is 2.28. The van der Waals surface area contributed by atoms with Crippen molar-refractivity contribution in [3.63, 3.8) is 0 Å². The van der Waals surface area contributed by atoms with E-state index in [-0.39, 0.29) is 11.7 Å². The molecule has 1 aromatic carbocycles. The van der Waals surface area contributed by atoms with Crippen LogP contribution < -0.4 is 4.90 Å². The van der Waals surface area contributed by atoms with Crippen molar-refractivity contribution >= 4 is 11.6 Å². The standard InChI is InChI=1S/C13H11N3O2/c1-9-6-12(18-15-9)13(17)16(2)11-5-3-4-10(7-11)8-14/h3-7H,1-2H3. The van der Waals surface area contributed by atoms with Crippen molar-refractivity contribution < 1.29 is 9.32 Å². The molecule has 0 bridgehead atoms. The molecule has 90 valence electrons. The molecule has 0 aliphatic heterocycles. The maximum Gasteiger partial charge on any atom is 0.296 e. The number of hydrogen-bond donors (Lipinski definition) is 0. The third kappa shape index (κ3) is 2.23. The maximum absolute atomic E-state index is 12.1. The lowest BCUT2D eigenvalue weighted by molar-refractivity contribution is 0.0957. The van der Waals surface area contributed by atoms with E-state index in [0.717, 1.165) is 0 Å². The predicted molar refractivity (Wildman–Crippen MR) is 65.1 cm³/mol. The van der Waals surface area contributed by atoms with Gasteiger partial charge in [0.2, 0.25) is 5.76 Å². The summed E-state index contributed by atoms with van der Waals surface area (Å²) in [4.78, 5) is 13.5. The van der Waals surface area contributed by atoms with Gasteiger partial charge in [0.25, 0.3) is 5.91 Å². The van der Waals surface area contributed by atoms with Crippen molar-refractivity contribution in [3.05, 3.63) is 47.3 Å². The molecule has 1 amide bonds. The second kappa shape index (κ2) is 4.72. The minimum Gasteiger partial charge on any atom is -0.351 e. The maximum atomic E-state index is 12.1. The number of nitriles is 1. The van der Waals surface area contributed by atoms with Gasteiger partial charge in [-0.15, -0.1) is 0 Å². The summed E-state index contributed by atoms with van der Waals surface area (Å²) in [5, 5.41) is 12.5. The third-order valence-corrected chi connectivity index (χ3v) is 2.51. The van der Waals surface area contributed by atoms with Crippen LogP contribution in [0.2, 0.25) is 0 Å². The van der Waals surface area contributed by atoms with Gasteiger partial charge in [0, 0.05) is 18.8 Å². The Bertz CT molecular complexity index is 625. The molecule has 0 N–H and O–H groups in total. The Morgan fingerprint density at radius 3 is 2.83 bits per heavy atom. The van der Waals surface area contributed by atoms with E-state index in [1.165, 1.54) is 4.90 Å². The largest absolute Gasteiger partial charge is 0.351 e. The molecule has 5 nitrogen and oxygen atoms in total. The number of nitrogens with zero attached hydrogens (tertiary/aromatic N) is 3. The predicted octanol–water partition coefficient (Wildman–Crippen LogP) is 2.13. The minimum atomic E-state index is -0.300. The summed E-state index contributed by atoms with van der Waals surface area (Å²) < 4.78 is 4.92. The molecule has 0 aliphatic rings. The van der Waals surface area contributed by atoms with Crippen molar-refractivity contribution in [3.8, 4) is 6.07 Å². The normalized spacial score (nSPS) is 9.83. The van der Waals surface area contributed by atoms with Crippen molar-refractivity contribution in [2.45, 2.75) is 6.92 Å². The molecule has 2 aromatic rings. The zero-order valence-corrected chi connectivity index (χ0v) is 10.0. The summed E-state index contributed by atoms with van der Waals surface area (Å²) in [6.07, 6.45) is 0. The molecule has 0 unspecified atom stereocenters. The fourth-order valence-electron chi connectivity index (χ4n) is 1.53. The summed E-state index contributed by atoms with van der Waals surface area (Å²) in [5.41, 5.74) is 1.78. The van der Waals surface area contributed by atoms with Gasteiger partial charge >= 0.3 is 0 Å². The van der Waals surface area contributed by atoms with Crippen molar-refractivity contribution in [2.75, 3.05) is 11.9 Å². The summed E-state index contributed by atoms with van der Waals surface area (Å²) >= 11 is 0. The quantitative estimate of drug-likeness (QED) is 0.807. The first kappa shape index (κ1) is 11.9. The van der Waals surface area contributed by atoms with Crippen molar-refractivity contribution in [1.29, 1.82) is 5.26 Å². The Kier molecular flexibility index (Phi) is 3.11. The molecule has 2 rings (SSSR count). The van der Waals surface area contributed by atoms with Crippen LogP contribution in [0, 0.1) is 18.3 Å². The second-order valence-corrected chi connectivity index (χ2v) is 3.86. The molecule has 0 saturated heterocycles. The number of aromatic nitrogens is 1. The number of rotatable bonds is 2. The molecule has 0 fully saturated rings. The van der Waals surface area contributed by atoms with Gasteiger partial charge in [-0.25, -0.2) is 0 Å². The first-order chi connectivity index (χ1) is 8.61. The zero-order valence-electron chi connectivity index (χ0n) is 10.0. The summed E-state index contributed by atoms with van der Waals surface area (Å²) in [5.74, 6) is -0.122. The Morgan fingerprint density at radius 1 is 1.44 bits per heavy atom. The first-order valence-electron chi connectivity index (χ1n) is 5.33. The Hall–Kier alpha value is -2.61. The van der Waals surface area contributed by atoms with Crippen LogP contribution in [0.25, 0.3) is 0 Å². The lowest BCUT2D eigenvalue weighted by Gasteiger charge is -2.15. The number of hydrogen-bond acceptors (Lipinski definition) is 4. The van der Waals surface area contributed by atoms with Gasteiger partial charge in [-0.05, 0) is 25.1 Å². The highest BCUT2D eigenvalue weighted by Gasteiger charge is 2.18. The summed E-state index contributed by atoms with van der Waals surface area (Å²) in [6.45, 7) is 1.75. The molecule has 1 heterocycles. The van der Waals surface area contributed by atoms with Crippen LogP contribution in [-0.4, -0.2) is 18.1 Å². The van der Waals surface area contributed by atoms with E-state index in [1.807, 2.05) is 6.07 Å². The van der Waals surface area contributed by atoms with Crippen LogP contribution in [0.3, 0.4) is 0 Å². The number of amides is 1. The summed E-state index contributed by atoms with van der Waals surface area (Å²) in [7, 11) is 1.62. The lowest BCUT2D eigenvalue weighted by atomic mass is 10.2. The topological polar surface area (TPSA) is 70.1 Å². The van der Waals surface area contributed by atoms with Gasteiger partial charge in [-0.1, -0.05) is 11.2 Å². The van der Waals surface area contributed by atoms with Crippen molar-refractivity contribution in [2.24, 2.45) is 0 Å². The number of carbonyl (C=O) groups is 1. The molecule has 0 radical (unpaired) electrons. The lowest BCUT2D eigenvalue weighted by Crippen LogP contribution is -2.25. The number of anilines is 1. The first-order valence-corrected chi connectivity index (χ1v) is 5.33. The number of aryl methyl sites for hydroxylation is 1. The highest BCUT2D eigenvalue weighted by Crippen LogP contribution is 2.17. The highest BCUT2D eigenvalue weighted by molar-refractivity contribution is 6.03. The van der Waals surface area contributed by atoms with Gasteiger partial charge in [0.05, 0.1) is 17.3 Å². The van der Waals surface area contributed by atoms with Crippen LogP contribution >= 0.6 is 0 Å². The molecule has 0 spiro atoms. The Labute approximate surface area is 104 Å². The molecule has 0 aliphatic carbocycles. The van der Waals surface area contributed by atoms with E-state index in [0.29, 0.717) is 16.9 Å². The molecular weight excluding hydrogens is 230 g/mol. The van der Waals surface area contributed by atoms with Crippen molar-refractivity contribution in [1.82, 2.24) is 5.16 Å². The molecule has 0 saturated carbocycles. The van der Waals surface area contributed by atoms with E-state index >= 15 is 0 Å². The van der Waals surface area contributed by atoms with E-state index in [2.05, 4.69) is 5.16 Å². The highest BCUT2D eigenvalue weighted by atomic mass is 16.5. The molecule has 0 atom stereocenters. The fraction of sp³-hybridized carbons (Fsp3) is 0.154. The SMILES string of the molecule is Cc1cc(C(=O)N(C)c2cccc(C#N)c2)on1. The zero-order chi connectivity index (χ0) is 13.1. The summed E-state index contributed by atoms with van der Waals surface area (Å²) in [6, 6.07) is 10.4. The monoisotopic (exact) mass is 241 g/mol. The van der Waals surface area contributed by atoms with E-state index in [9.17, 15) is 4.79 Å².